The molecular weight excluding hydrogens is 482 g/mol. The molecule has 2 atom stereocenters. The van der Waals surface area contributed by atoms with Gasteiger partial charge in [-0.1, -0.05) is 43.3 Å². The first kappa shape index (κ1) is 25.0. The van der Waals surface area contributed by atoms with Crippen LogP contribution >= 0.6 is 0 Å². The number of benzene rings is 3. The summed E-state index contributed by atoms with van der Waals surface area (Å²) in [6, 6.07) is 26.1. The van der Waals surface area contributed by atoms with Gasteiger partial charge in [0.05, 0.1) is 11.0 Å². The maximum atomic E-state index is 13.8. The van der Waals surface area contributed by atoms with Gasteiger partial charge < -0.3 is 14.2 Å². The van der Waals surface area contributed by atoms with Crippen LogP contribution in [0.3, 0.4) is 0 Å². The number of amides is 2. The van der Waals surface area contributed by atoms with E-state index in [1.165, 1.54) is 12.1 Å². The average molecular weight is 510 g/mol. The van der Waals surface area contributed by atoms with Crippen LogP contribution in [0.5, 0.6) is 0 Å². The SMILES string of the molecule is CCC(=O)N(c1ccccc1)C1CC(C)N(C(=O)c2ccc(-c3ccc([N+](=O)[O-])cc3)o2)c2ccccc21. The van der Waals surface area contributed by atoms with Crippen LogP contribution in [0.2, 0.25) is 0 Å². The third-order valence-electron chi connectivity index (χ3n) is 6.88. The van der Waals surface area contributed by atoms with E-state index in [1.807, 2.05) is 73.3 Å². The Morgan fingerprint density at radius 1 is 0.974 bits per heavy atom. The van der Waals surface area contributed by atoms with Gasteiger partial charge in [-0.25, -0.2) is 0 Å². The van der Waals surface area contributed by atoms with Crippen LogP contribution in [0, 0.1) is 10.1 Å². The molecular formula is C30H27N3O5. The molecule has 1 aliphatic heterocycles. The maximum absolute atomic E-state index is 13.8. The minimum absolute atomic E-state index is 0.0155. The monoisotopic (exact) mass is 509 g/mol. The van der Waals surface area contributed by atoms with Gasteiger partial charge in [-0.3, -0.25) is 19.7 Å². The van der Waals surface area contributed by atoms with Gasteiger partial charge in [0, 0.05) is 41.5 Å². The molecule has 5 rings (SSSR count). The topological polar surface area (TPSA) is 96.9 Å². The molecule has 2 heterocycles. The molecule has 0 N–H and O–H groups in total. The van der Waals surface area contributed by atoms with Crippen LogP contribution in [0.25, 0.3) is 11.3 Å². The quantitative estimate of drug-likeness (QED) is 0.211. The van der Waals surface area contributed by atoms with Gasteiger partial charge in [-0.05, 0) is 61.4 Å². The second-order valence-corrected chi connectivity index (χ2v) is 9.26. The lowest BCUT2D eigenvalue weighted by atomic mass is 9.89. The molecule has 0 bridgehead atoms. The van der Waals surface area contributed by atoms with Crippen molar-refractivity contribution in [2.45, 2.75) is 38.8 Å². The van der Waals surface area contributed by atoms with Crippen molar-refractivity contribution in [2.75, 3.05) is 9.80 Å². The summed E-state index contributed by atoms with van der Waals surface area (Å²) in [5.74, 6) is 0.345. The number of anilines is 2. The summed E-state index contributed by atoms with van der Waals surface area (Å²) in [5.41, 5.74) is 3.07. The summed E-state index contributed by atoms with van der Waals surface area (Å²) in [6.07, 6.45) is 0.918. The molecule has 1 aromatic heterocycles. The lowest BCUT2D eigenvalue weighted by Gasteiger charge is -2.43. The van der Waals surface area contributed by atoms with Crippen molar-refractivity contribution in [3.05, 3.63) is 112 Å². The van der Waals surface area contributed by atoms with Crippen molar-refractivity contribution in [1.29, 1.82) is 0 Å². The molecule has 38 heavy (non-hydrogen) atoms. The van der Waals surface area contributed by atoms with Crippen LogP contribution in [-0.2, 0) is 4.79 Å². The molecule has 0 saturated heterocycles. The van der Waals surface area contributed by atoms with E-state index in [0.717, 1.165) is 16.9 Å². The molecule has 8 heteroatoms. The van der Waals surface area contributed by atoms with Crippen molar-refractivity contribution in [1.82, 2.24) is 0 Å². The zero-order chi connectivity index (χ0) is 26.8. The summed E-state index contributed by atoms with van der Waals surface area (Å²) in [5, 5.41) is 11.0. The first-order chi connectivity index (χ1) is 18.4. The average Bonchev–Trinajstić information content (AvgIpc) is 3.44. The van der Waals surface area contributed by atoms with E-state index >= 15 is 0 Å². The predicted octanol–water partition coefficient (Wildman–Crippen LogP) is 6.78. The Morgan fingerprint density at radius 2 is 1.66 bits per heavy atom. The molecule has 0 aliphatic carbocycles. The molecule has 2 unspecified atom stereocenters. The van der Waals surface area contributed by atoms with E-state index in [0.29, 0.717) is 24.2 Å². The summed E-state index contributed by atoms with van der Waals surface area (Å²) in [4.78, 5) is 41.0. The number of nitro benzene ring substituents is 1. The van der Waals surface area contributed by atoms with E-state index in [4.69, 9.17) is 4.42 Å². The number of carbonyl (C=O) groups is 2. The zero-order valence-corrected chi connectivity index (χ0v) is 21.1. The third kappa shape index (κ3) is 4.56. The molecule has 2 amide bonds. The number of nitro groups is 1. The first-order valence-electron chi connectivity index (χ1n) is 12.5. The van der Waals surface area contributed by atoms with Gasteiger partial charge >= 0.3 is 0 Å². The van der Waals surface area contributed by atoms with Gasteiger partial charge in [-0.2, -0.15) is 0 Å². The third-order valence-corrected chi connectivity index (χ3v) is 6.88. The predicted molar refractivity (Wildman–Crippen MR) is 145 cm³/mol. The highest BCUT2D eigenvalue weighted by Crippen LogP contribution is 2.43. The number of hydrogen-bond donors (Lipinski definition) is 0. The van der Waals surface area contributed by atoms with Crippen LogP contribution in [0.1, 0.15) is 48.8 Å². The van der Waals surface area contributed by atoms with Crippen molar-refractivity contribution < 1.29 is 18.9 Å². The minimum atomic E-state index is -0.462. The molecule has 8 nitrogen and oxygen atoms in total. The number of rotatable bonds is 6. The lowest BCUT2D eigenvalue weighted by molar-refractivity contribution is -0.384. The smallest absolute Gasteiger partial charge is 0.294 e. The van der Waals surface area contributed by atoms with E-state index in [-0.39, 0.29) is 35.3 Å². The highest BCUT2D eigenvalue weighted by Gasteiger charge is 2.39. The Morgan fingerprint density at radius 3 is 2.34 bits per heavy atom. The number of para-hydroxylation sites is 2. The van der Waals surface area contributed by atoms with Gasteiger partial charge in [0.15, 0.2) is 5.76 Å². The van der Waals surface area contributed by atoms with Crippen LogP contribution in [0.15, 0.2) is 95.4 Å². The first-order valence-corrected chi connectivity index (χ1v) is 12.5. The number of furan rings is 1. The summed E-state index contributed by atoms with van der Waals surface area (Å²) >= 11 is 0. The summed E-state index contributed by atoms with van der Waals surface area (Å²) < 4.78 is 5.92. The highest BCUT2D eigenvalue weighted by atomic mass is 16.6. The number of hydrogen-bond acceptors (Lipinski definition) is 5. The van der Waals surface area contributed by atoms with Gasteiger partial charge in [0.25, 0.3) is 11.6 Å². The largest absolute Gasteiger partial charge is 0.451 e. The molecule has 0 saturated carbocycles. The molecule has 3 aromatic carbocycles. The fraction of sp³-hybridized carbons (Fsp3) is 0.200. The van der Waals surface area contributed by atoms with E-state index in [1.54, 1.807) is 29.2 Å². The van der Waals surface area contributed by atoms with Gasteiger partial charge in [0.1, 0.15) is 5.76 Å². The second-order valence-electron chi connectivity index (χ2n) is 9.26. The van der Waals surface area contributed by atoms with Crippen LogP contribution in [-0.4, -0.2) is 22.8 Å². The maximum Gasteiger partial charge on any atom is 0.294 e. The molecule has 0 spiro atoms. The van der Waals surface area contributed by atoms with Crippen LogP contribution < -0.4 is 9.80 Å². The number of carbonyl (C=O) groups excluding carboxylic acids is 2. The molecule has 0 radical (unpaired) electrons. The summed E-state index contributed by atoms with van der Waals surface area (Å²) in [6.45, 7) is 3.83. The Hall–Kier alpha value is -4.72. The normalized spacial score (nSPS) is 16.5. The van der Waals surface area contributed by atoms with E-state index in [2.05, 4.69) is 0 Å². The van der Waals surface area contributed by atoms with Crippen LogP contribution in [0.4, 0.5) is 17.1 Å². The molecule has 0 fully saturated rings. The van der Waals surface area contributed by atoms with Crippen molar-refractivity contribution in [2.24, 2.45) is 0 Å². The van der Waals surface area contributed by atoms with E-state index < -0.39 is 4.92 Å². The number of fused-ring (bicyclic) bond motifs is 1. The van der Waals surface area contributed by atoms with E-state index in [9.17, 15) is 19.7 Å². The Labute approximate surface area is 220 Å². The van der Waals surface area contributed by atoms with Crippen molar-refractivity contribution in [3.63, 3.8) is 0 Å². The molecule has 192 valence electrons. The van der Waals surface area contributed by atoms with Crippen molar-refractivity contribution >= 4 is 28.9 Å². The Balaban J connectivity index is 1.48. The lowest BCUT2D eigenvalue weighted by Crippen LogP contribution is -2.47. The van der Waals surface area contributed by atoms with Crippen molar-refractivity contribution in [3.8, 4) is 11.3 Å². The standard InChI is InChI=1S/C30H27N3O5/c1-3-29(34)32(22-9-5-4-6-10-22)26-19-20(2)31(25-12-8-7-11-24(25)26)30(35)28-18-17-27(38-28)21-13-15-23(16-14-21)33(36)37/h4-18,20,26H,3,19H2,1-2H3. The second kappa shape index (κ2) is 10.3. The van der Waals surface area contributed by atoms with Gasteiger partial charge in [-0.15, -0.1) is 0 Å². The zero-order valence-electron chi connectivity index (χ0n) is 21.1. The Kier molecular flexibility index (Phi) is 6.79. The molecule has 1 aliphatic rings. The fourth-order valence-corrected chi connectivity index (χ4v) is 5.07. The highest BCUT2D eigenvalue weighted by molar-refractivity contribution is 6.06. The Bertz CT molecular complexity index is 1480. The number of non-ortho nitro benzene ring substituents is 1. The molecule has 4 aromatic rings. The minimum Gasteiger partial charge on any atom is -0.451 e. The summed E-state index contributed by atoms with van der Waals surface area (Å²) in [7, 11) is 0. The number of nitrogens with zero attached hydrogens (tertiary/aromatic N) is 3. The van der Waals surface area contributed by atoms with Gasteiger partial charge in [0.2, 0.25) is 5.91 Å². The fourth-order valence-electron chi connectivity index (χ4n) is 5.07.